The van der Waals surface area contributed by atoms with Gasteiger partial charge < -0.3 is 36.2 Å². The van der Waals surface area contributed by atoms with Gasteiger partial charge in [0.1, 0.15) is 5.78 Å². The van der Waals surface area contributed by atoms with Crippen LogP contribution in [0.2, 0.25) is 19.6 Å². The molecule has 0 unspecified atom stereocenters. The van der Waals surface area contributed by atoms with E-state index in [0.717, 1.165) is 26.1 Å². The SMILES string of the molecule is CCCOCCN.C[Si](C)(C)OCCN.Cl.NCCOCCCC(=O)CCCO. The summed E-state index contributed by atoms with van der Waals surface area (Å²) in [6.07, 6.45) is 3.44. The molecule has 0 aromatic carbocycles. The molecule has 8 nitrogen and oxygen atoms in total. The molecule has 0 saturated heterocycles. The highest BCUT2D eigenvalue weighted by molar-refractivity contribution is 6.69. The number of carbonyl (C=O) groups is 1. The van der Waals surface area contributed by atoms with Gasteiger partial charge in [-0.25, -0.2) is 0 Å². The number of ketones is 1. The van der Waals surface area contributed by atoms with Crippen molar-refractivity contribution in [1.29, 1.82) is 0 Å². The van der Waals surface area contributed by atoms with Crippen molar-refractivity contribution in [2.75, 3.05) is 59.3 Å². The largest absolute Gasteiger partial charge is 0.416 e. The number of aliphatic hydroxyl groups excluding tert-OH is 1. The van der Waals surface area contributed by atoms with Gasteiger partial charge >= 0.3 is 0 Å². The normalized spacial score (nSPS) is 10.2. The molecule has 0 heterocycles. The van der Waals surface area contributed by atoms with E-state index in [1.54, 1.807) is 0 Å². The quantitative estimate of drug-likeness (QED) is 0.201. The highest BCUT2D eigenvalue weighted by Gasteiger charge is 2.12. The number of carbonyl (C=O) groups excluding carboxylic acids is 1. The van der Waals surface area contributed by atoms with E-state index < -0.39 is 8.32 Å². The van der Waals surface area contributed by atoms with Crippen molar-refractivity contribution in [3.63, 3.8) is 0 Å². The average Bonchev–Trinajstić information content (AvgIpc) is 2.65. The molecular weight excluding hydrogens is 414 g/mol. The van der Waals surface area contributed by atoms with Crippen LogP contribution in [-0.4, -0.2) is 78.5 Å². The van der Waals surface area contributed by atoms with Crippen LogP contribution < -0.4 is 17.2 Å². The zero-order valence-corrected chi connectivity index (χ0v) is 20.9. The summed E-state index contributed by atoms with van der Waals surface area (Å²) in [6, 6.07) is 0. The van der Waals surface area contributed by atoms with E-state index in [1.165, 1.54) is 0 Å². The Bertz CT molecular complexity index is 308. The van der Waals surface area contributed by atoms with Crippen molar-refractivity contribution in [3.05, 3.63) is 0 Å². The van der Waals surface area contributed by atoms with Gasteiger partial charge in [-0.3, -0.25) is 4.79 Å². The molecule has 0 radical (unpaired) electrons. The molecule has 0 fully saturated rings. The number of halogens is 1. The van der Waals surface area contributed by atoms with Crippen molar-refractivity contribution in [2.24, 2.45) is 17.2 Å². The summed E-state index contributed by atoms with van der Waals surface area (Å²) < 4.78 is 15.5. The summed E-state index contributed by atoms with van der Waals surface area (Å²) in [4.78, 5) is 11.0. The average molecular weight is 462 g/mol. The number of aliphatic hydroxyl groups is 1. The summed E-state index contributed by atoms with van der Waals surface area (Å²) in [5.74, 6) is 0.199. The van der Waals surface area contributed by atoms with E-state index in [9.17, 15) is 4.79 Å². The zero-order chi connectivity index (χ0) is 22.1. The first-order valence-electron chi connectivity index (χ1n) is 10.3. The molecule has 0 spiro atoms. The predicted octanol–water partition coefficient (Wildman–Crippen LogP) is 1.67. The smallest absolute Gasteiger partial charge is 0.183 e. The molecule has 180 valence electrons. The molecule has 10 heteroatoms. The molecule has 0 aliphatic rings. The lowest BCUT2D eigenvalue weighted by Crippen LogP contribution is -2.28. The van der Waals surface area contributed by atoms with Crippen molar-refractivity contribution in [3.8, 4) is 0 Å². The second-order valence-electron chi connectivity index (χ2n) is 7.02. The summed E-state index contributed by atoms with van der Waals surface area (Å²) in [6.45, 7) is 13.9. The molecule has 0 atom stereocenters. The van der Waals surface area contributed by atoms with Crippen LogP contribution >= 0.6 is 12.4 Å². The van der Waals surface area contributed by atoms with E-state index in [2.05, 4.69) is 26.6 Å². The number of Topliss-reactive ketones (excluding diaryl/α,β-unsaturated/α-hetero) is 1. The summed E-state index contributed by atoms with van der Waals surface area (Å²) >= 11 is 0. The highest BCUT2D eigenvalue weighted by atomic mass is 35.5. The Hall–Kier alpha value is -0.103. The minimum atomic E-state index is -1.26. The monoisotopic (exact) mass is 461 g/mol. The van der Waals surface area contributed by atoms with Gasteiger partial charge in [0.25, 0.3) is 0 Å². The van der Waals surface area contributed by atoms with E-state index in [1.807, 2.05) is 0 Å². The van der Waals surface area contributed by atoms with Gasteiger partial charge in [0.2, 0.25) is 0 Å². The number of hydrogen-bond donors (Lipinski definition) is 4. The van der Waals surface area contributed by atoms with Gasteiger partial charge in [0.15, 0.2) is 8.32 Å². The lowest BCUT2D eigenvalue weighted by atomic mass is 10.1. The first-order chi connectivity index (χ1) is 13.3. The Morgan fingerprint density at radius 3 is 1.69 bits per heavy atom. The molecule has 0 saturated carbocycles. The lowest BCUT2D eigenvalue weighted by Gasteiger charge is -2.15. The summed E-state index contributed by atoms with van der Waals surface area (Å²) in [5, 5.41) is 8.47. The van der Waals surface area contributed by atoms with Crippen LogP contribution in [0.25, 0.3) is 0 Å². The third-order valence-corrected chi connectivity index (χ3v) is 3.95. The van der Waals surface area contributed by atoms with E-state index >= 15 is 0 Å². The van der Waals surface area contributed by atoms with Crippen LogP contribution in [0.5, 0.6) is 0 Å². The number of rotatable bonds is 16. The molecule has 7 N–H and O–H groups in total. The minimum absolute atomic E-state index is 0. The van der Waals surface area contributed by atoms with Crippen molar-refractivity contribution in [1.82, 2.24) is 0 Å². The summed E-state index contributed by atoms with van der Waals surface area (Å²) in [7, 11) is -1.26. The van der Waals surface area contributed by atoms with Crippen molar-refractivity contribution in [2.45, 2.75) is 58.7 Å². The lowest BCUT2D eigenvalue weighted by molar-refractivity contribution is -0.119. The topological polar surface area (TPSA) is 143 Å². The highest BCUT2D eigenvalue weighted by Crippen LogP contribution is 2.00. The van der Waals surface area contributed by atoms with Gasteiger partial charge in [-0.15, -0.1) is 12.4 Å². The molecule has 0 aromatic rings. The van der Waals surface area contributed by atoms with E-state index in [-0.39, 0.29) is 24.8 Å². The summed E-state index contributed by atoms with van der Waals surface area (Å²) in [5.41, 5.74) is 15.6. The van der Waals surface area contributed by atoms with Gasteiger partial charge in [0, 0.05) is 58.9 Å². The standard InChI is InChI=1S/C9H19NO3.C5H15NOSi.C5H13NO.ClH/c10-5-8-13-7-2-4-9(12)3-1-6-11;1-8(2,3)7-5-4-6;1-2-4-7-5-3-6;/h11H,1-8,10H2;4-6H2,1-3H3;2-6H2,1H3;1H. The number of nitrogens with two attached hydrogens (primary N) is 3. The van der Waals surface area contributed by atoms with Crippen LogP contribution in [0.15, 0.2) is 0 Å². The Morgan fingerprint density at radius 2 is 1.31 bits per heavy atom. The molecule has 29 heavy (non-hydrogen) atoms. The second-order valence-corrected chi connectivity index (χ2v) is 11.5. The number of ether oxygens (including phenoxy) is 2. The maximum Gasteiger partial charge on any atom is 0.183 e. The molecule has 0 aliphatic carbocycles. The van der Waals surface area contributed by atoms with Crippen LogP contribution in [0.1, 0.15) is 39.0 Å². The Balaban J connectivity index is -0.000000170. The zero-order valence-electron chi connectivity index (χ0n) is 19.1. The van der Waals surface area contributed by atoms with Crippen LogP contribution in [0, 0.1) is 0 Å². The third-order valence-electron chi connectivity index (χ3n) is 2.88. The molecule has 0 aliphatic heterocycles. The van der Waals surface area contributed by atoms with Crippen molar-refractivity contribution >= 4 is 26.5 Å². The first-order valence-corrected chi connectivity index (χ1v) is 13.7. The van der Waals surface area contributed by atoms with Gasteiger partial charge in [-0.05, 0) is 38.9 Å². The van der Waals surface area contributed by atoms with E-state index in [4.69, 9.17) is 36.2 Å². The first kappa shape index (κ1) is 36.3. The van der Waals surface area contributed by atoms with Crippen LogP contribution in [0.3, 0.4) is 0 Å². The maximum absolute atomic E-state index is 11.0. The van der Waals surface area contributed by atoms with Crippen LogP contribution in [-0.2, 0) is 18.7 Å². The van der Waals surface area contributed by atoms with E-state index in [0.29, 0.717) is 58.7 Å². The van der Waals surface area contributed by atoms with Gasteiger partial charge in [-0.1, -0.05) is 6.92 Å². The van der Waals surface area contributed by atoms with Crippen molar-refractivity contribution < 1.29 is 23.8 Å². The van der Waals surface area contributed by atoms with Crippen LogP contribution in [0.4, 0.5) is 0 Å². The molecular formula is C19H48ClN3O5Si. The predicted molar refractivity (Wildman–Crippen MR) is 126 cm³/mol. The third kappa shape index (κ3) is 47.3. The minimum Gasteiger partial charge on any atom is -0.416 e. The Morgan fingerprint density at radius 1 is 0.828 bits per heavy atom. The van der Waals surface area contributed by atoms with Gasteiger partial charge in [-0.2, -0.15) is 0 Å². The fraction of sp³-hybridized carbons (Fsp3) is 0.947. The molecule has 0 aromatic heterocycles. The Kier molecular flexibility index (Phi) is 37.6. The molecule has 0 rings (SSSR count). The fourth-order valence-corrected chi connectivity index (χ4v) is 2.38. The molecule has 0 bridgehead atoms. The fourth-order valence-electron chi connectivity index (χ4n) is 1.65. The second kappa shape index (κ2) is 30.1. The maximum atomic E-state index is 11.0. The van der Waals surface area contributed by atoms with Gasteiger partial charge in [0.05, 0.1) is 13.2 Å². The molecule has 0 amide bonds. The number of hydrogen-bond acceptors (Lipinski definition) is 8. The Labute approximate surface area is 185 Å².